The number of nitrogens with zero attached hydrogens (tertiary/aromatic N) is 3. The number of hydrogen-bond acceptors (Lipinski definition) is 4. The lowest BCUT2D eigenvalue weighted by atomic mass is 10.2. The molecule has 10 heteroatoms. The van der Waals surface area contributed by atoms with Gasteiger partial charge in [0.25, 0.3) is 11.1 Å². The lowest BCUT2D eigenvalue weighted by molar-refractivity contribution is 0.695. The molecule has 0 aliphatic carbocycles. The first-order chi connectivity index (χ1) is 12.7. The summed E-state index contributed by atoms with van der Waals surface area (Å²) in [5.74, 6) is 1.17. The molecule has 0 radical (unpaired) electrons. The van der Waals surface area contributed by atoms with Gasteiger partial charge in [-0.3, -0.25) is 14.2 Å². The molecule has 0 spiro atoms. The van der Waals surface area contributed by atoms with Crippen LogP contribution >= 0.6 is 68.4 Å². The molecule has 0 aliphatic rings. The molecule has 1 aromatic carbocycles. The second kappa shape index (κ2) is 9.99. The summed E-state index contributed by atoms with van der Waals surface area (Å²) in [6.07, 6.45) is 0. The normalized spacial score (nSPS) is 10.3. The maximum absolute atomic E-state index is 12.0. The Hall–Kier alpha value is -0.980. The van der Waals surface area contributed by atoms with Gasteiger partial charge in [0, 0.05) is 0 Å². The van der Waals surface area contributed by atoms with Crippen LogP contribution in [0.25, 0.3) is 0 Å². The van der Waals surface area contributed by atoms with E-state index in [4.69, 9.17) is 23.2 Å². The third-order valence-electron chi connectivity index (χ3n) is 3.39. The molecule has 0 atom stereocenters. The number of aromatic amines is 1. The first-order valence-corrected chi connectivity index (χ1v) is 10.5. The van der Waals surface area contributed by atoms with E-state index in [2.05, 4.69) is 15.0 Å². The van der Waals surface area contributed by atoms with Crippen molar-refractivity contribution >= 4 is 68.4 Å². The Kier molecular flexibility index (Phi) is 8.25. The molecular formula is C17H14Cl2I2N4O2. The van der Waals surface area contributed by atoms with Crippen LogP contribution in [0.2, 0.25) is 10.3 Å². The highest BCUT2D eigenvalue weighted by Gasteiger charge is 2.10. The Morgan fingerprint density at radius 3 is 2.19 bits per heavy atom. The van der Waals surface area contributed by atoms with Crippen molar-refractivity contribution in [3.8, 4) is 0 Å². The summed E-state index contributed by atoms with van der Waals surface area (Å²) in [5.41, 5.74) is 0.794. The number of aryl methyl sites for hydroxylation is 2. The largest absolute Gasteiger partial charge is 0.310 e. The van der Waals surface area contributed by atoms with E-state index in [0.717, 1.165) is 5.56 Å². The Balaban J connectivity index is 0.000000223. The average Bonchev–Trinajstić information content (AvgIpc) is 2.63. The minimum Gasteiger partial charge on any atom is -0.310 e. The number of H-pyrrole nitrogens is 1. The van der Waals surface area contributed by atoms with E-state index in [1.54, 1.807) is 18.4 Å². The van der Waals surface area contributed by atoms with Crippen molar-refractivity contribution < 1.29 is 0 Å². The molecule has 3 aromatic rings. The topological polar surface area (TPSA) is 80.6 Å². The highest BCUT2D eigenvalue weighted by atomic mass is 127. The predicted molar refractivity (Wildman–Crippen MR) is 124 cm³/mol. The van der Waals surface area contributed by atoms with Gasteiger partial charge in [-0.15, -0.1) is 0 Å². The van der Waals surface area contributed by atoms with Crippen LogP contribution in [0.5, 0.6) is 0 Å². The molecule has 0 fully saturated rings. The van der Waals surface area contributed by atoms with E-state index >= 15 is 0 Å². The predicted octanol–water partition coefficient (Wildman–Crippen LogP) is 4.19. The van der Waals surface area contributed by atoms with Crippen molar-refractivity contribution in [3.05, 3.63) is 85.7 Å². The zero-order valence-corrected chi connectivity index (χ0v) is 20.1. The molecule has 3 rings (SSSR count). The van der Waals surface area contributed by atoms with Gasteiger partial charge >= 0.3 is 0 Å². The molecule has 2 aromatic heterocycles. The summed E-state index contributed by atoms with van der Waals surface area (Å²) in [6, 6.07) is 9.80. The fraction of sp³-hybridized carbons (Fsp3) is 0.176. The summed E-state index contributed by atoms with van der Waals surface area (Å²) in [6.45, 7) is 3.99. The molecule has 6 nitrogen and oxygen atoms in total. The highest BCUT2D eigenvalue weighted by Crippen LogP contribution is 2.12. The van der Waals surface area contributed by atoms with Crippen molar-refractivity contribution in [2.75, 3.05) is 0 Å². The SMILES string of the molecule is Cc1nc(Cl)c(I)c(=O)[nH]1.Cc1nc(Cl)c(I)c(=O)n1Cc1ccccc1. The van der Waals surface area contributed by atoms with Crippen LogP contribution in [-0.4, -0.2) is 19.5 Å². The Bertz CT molecular complexity index is 1070. The monoisotopic (exact) mass is 630 g/mol. The van der Waals surface area contributed by atoms with Crippen molar-refractivity contribution in [2.45, 2.75) is 20.4 Å². The standard InChI is InChI=1S/C12H10ClIN2O.C5H4ClIN2O/c1-8-15-11(13)10(14)12(17)16(8)7-9-5-3-2-4-6-9;1-2-8-4(6)3(7)5(10)9-2/h2-6H,7H2,1H3;1H3,(H,8,9,10). The third kappa shape index (κ3) is 6.00. The average molecular weight is 631 g/mol. The molecule has 0 saturated heterocycles. The fourth-order valence-corrected chi connectivity index (χ4v) is 3.18. The lowest BCUT2D eigenvalue weighted by Gasteiger charge is -2.10. The summed E-state index contributed by atoms with van der Waals surface area (Å²) < 4.78 is 2.53. The summed E-state index contributed by atoms with van der Waals surface area (Å²) in [4.78, 5) is 33.4. The van der Waals surface area contributed by atoms with Gasteiger partial charge in [-0.2, -0.15) is 0 Å². The molecule has 0 bridgehead atoms. The third-order valence-corrected chi connectivity index (χ3v) is 6.55. The van der Waals surface area contributed by atoms with Crippen LogP contribution in [0, 0.1) is 21.0 Å². The van der Waals surface area contributed by atoms with Gasteiger partial charge < -0.3 is 4.98 Å². The van der Waals surface area contributed by atoms with E-state index in [1.165, 1.54) is 0 Å². The van der Waals surface area contributed by atoms with Gasteiger partial charge in [0.15, 0.2) is 0 Å². The van der Waals surface area contributed by atoms with Crippen LogP contribution in [0.1, 0.15) is 17.2 Å². The molecule has 1 N–H and O–H groups in total. The molecule has 27 heavy (non-hydrogen) atoms. The minimum atomic E-state index is -0.182. The van der Waals surface area contributed by atoms with Crippen LogP contribution < -0.4 is 11.1 Å². The van der Waals surface area contributed by atoms with E-state index in [1.807, 2.05) is 75.5 Å². The molecule has 142 valence electrons. The van der Waals surface area contributed by atoms with Crippen molar-refractivity contribution in [2.24, 2.45) is 0 Å². The summed E-state index contributed by atoms with van der Waals surface area (Å²) in [5, 5.41) is 0.541. The maximum atomic E-state index is 12.0. The van der Waals surface area contributed by atoms with Crippen molar-refractivity contribution in [1.29, 1.82) is 0 Å². The van der Waals surface area contributed by atoms with Crippen molar-refractivity contribution in [1.82, 2.24) is 19.5 Å². The first-order valence-electron chi connectivity index (χ1n) is 7.59. The first kappa shape index (κ1) is 22.3. The quantitative estimate of drug-likeness (QED) is 0.340. The number of halogens is 4. The van der Waals surface area contributed by atoms with E-state index in [9.17, 15) is 9.59 Å². The van der Waals surface area contributed by atoms with Gasteiger partial charge in [-0.25, -0.2) is 9.97 Å². The Morgan fingerprint density at radius 1 is 1.00 bits per heavy atom. The molecule has 0 amide bonds. The van der Waals surface area contributed by atoms with Gasteiger partial charge in [0.05, 0.1) is 6.54 Å². The van der Waals surface area contributed by atoms with Crippen LogP contribution in [0.15, 0.2) is 39.9 Å². The number of benzene rings is 1. The van der Waals surface area contributed by atoms with E-state index in [0.29, 0.717) is 25.3 Å². The Labute approximate surface area is 192 Å². The van der Waals surface area contributed by atoms with E-state index < -0.39 is 0 Å². The number of aromatic nitrogens is 4. The maximum Gasteiger partial charge on any atom is 0.268 e. The van der Waals surface area contributed by atoms with Crippen LogP contribution in [0.4, 0.5) is 0 Å². The second-order valence-electron chi connectivity index (χ2n) is 5.40. The highest BCUT2D eigenvalue weighted by molar-refractivity contribution is 14.1. The fourth-order valence-electron chi connectivity index (χ4n) is 2.09. The molecule has 2 heterocycles. The van der Waals surface area contributed by atoms with Gasteiger partial charge in [0.1, 0.15) is 29.1 Å². The summed E-state index contributed by atoms with van der Waals surface area (Å²) >= 11 is 15.2. The molecule has 0 saturated carbocycles. The Morgan fingerprint density at radius 2 is 1.59 bits per heavy atom. The van der Waals surface area contributed by atoms with Crippen LogP contribution in [0.3, 0.4) is 0 Å². The molecular weight excluding hydrogens is 617 g/mol. The molecule has 0 aliphatic heterocycles. The molecule has 0 unspecified atom stereocenters. The zero-order valence-electron chi connectivity index (χ0n) is 14.3. The number of nitrogens with one attached hydrogen (secondary N) is 1. The van der Waals surface area contributed by atoms with Gasteiger partial charge in [-0.05, 0) is 64.6 Å². The van der Waals surface area contributed by atoms with Gasteiger partial charge in [-0.1, -0.05) is 53.5 Å². The second-order valence-corrected chi connectivity index (χ2v) is 8.27. The minimum absolute atomic E-state index is 0.0908. The van der Waals surface area contributed by atoms with Crippen molar-refractivity contribution in [3.63, 3.8) is 0 Å². The number of rotatable bonds is 2. The van der Waals surface area contributed by atoms with E-state index in [-0.39, 0.29) is 21.4 Å². The smallest absolute Gasteiger partial charge is 0.268 e. The lowest BCUT2D eigenvalue weighted by Crippen LogP contribution is -2.26. The summed E-state index contributed by atoms with van der Waals surface area (Å²) in [7, 11) is 0. The van der Waals surface area contributed by atoms with Crippen LogP contribution in [-0.2, 0) is 6.54 Å². The number of hydrogen-bond donors (Lipinski definition) is 1. The van der Waals surface area contributed by atoms with Gasteiger partial charge in [0.2, 0.25) is 0 Å². The zero-order chi connectivity index (χ0) is 20.1.